The molecule has 0 unspecified atom stereocenters. The van der Waals surface area contributed by atoms with Gasteiger partial charge in [-0.25, -0.2) is 0 Å². The Bertz CT molecular complexity index is 388. The maximum absolute atomic E-state index is 4.17. The summed E-state index contributed by atoms with van der Waals surface area (Å²) in [6.07, 6.45) is 15.4. The van der Waals surface area contributed by atoms with Gasteiger partial charge in [0.2, 0.25) is 0 Å². The van der Waals surface area contributed by atoms with Crippen LogP contribution in [0.15, 0.2) is 42.3 Å². The third kappa shape index (κ3) is 2.79. The van der Waals surface area contributed by atoms with Gasteiger partial charge in [-0.15, -0.1) is 0 Å². The Morgan fingerprint density at radius 1 is 1.27 bits per heavy atom. The van der Waals surface area contributed by atoms with Crippen LogP contribution < -0.4 is 0 Å². The maximum Gasteiger partial charge on any atom is 0.0302 e. The second kappa shape index (κ2) is 4.92. The van der Waals surface area contributed by atoms with Gasteiger partial charge in [0.1, 0.15) is 0 Å². The first-order valence-electron chi connectivity index (χ1n) is 5.61. The van der Waals surface area contributed by atoms with Gasteiger partial charge >= 0.3 is 0 Å². The smallest absolute Gasteiger partial charge is 0.0302 e. The van der Waals surface area contributed by atoms with Crippen LogP contribution in [0, 0.1) is 6.92 Å². The number of allylic oxidation sites excluding steroid dienone is 4. The van der Waals surface area contributed by atoms with Gasteiger partial charge in [-0.1, -0.05) is 23.8 Å². The van der Waals surface area contributed by atoms with E-state index >= 15 is 0 Å². The molecule has 0 bridgehead atoms. The van der Waals surface area contributed by atoms with Crippen molar-refractivity contribution in [1.82, 2.24) is 4.98 Å². The van der Waals surface area contributed by atoms with E-state index in [1.54, 1.807) is 0 Å². The molecule has 1 aliphatic carbocycles. The highest BCUT2D eigenvalue weighted by Crippen LogP contribution is 2.17. The summed E-state index contributed by atoms with van der Waals surface area (Å²) in [7, 11) is 0. The average Bonchev–Trinajstić information content (AvgIpc) is 2.29. The van der Waals surface area contributed by atoms with E-state index in [4.69, 9.17) is 0 Å². The molecule has 78 valence electrons. The fourth-order valence-electron chi connectivity index (χ4n) is 1.89. The maximum atomic E-state index is 4.17. The highest BCUT2D eigenvalue weighted by Gasteiger charge is 2.01. The number of hydrogen-bond donors (Lipinski definition) is 0. The summed E-state index contributed by atoms with van der Waals surface area (Å²) in [6, 6.07) is 2.08. The molecule has 0 spiro atoms. The van der Waals surface area contributed by atoms with Crippen LogP contribution in [0.5, 0.6) is 0 Å². The number of hydrogen-bond acceptors (Lipinski definition) is 1. The molecule has 1 aromatic rings. The summed E-state index contributed by atoms with van der Waals surface area (Å²) in [6.45, 7) is 2.15. The molecular formula is C14H17N. The van der Waals surface area contributed by atoms with E-state index in [1.807, 2.05) is 12.4 Å². The lowest BCUT2D eigenvalue weighted by Gasteiger charge is -2.08. The third-order valence-corrected chi connectivity index (χ3v) is 2.90. The van der Waals surface area contributed by atoms with Crippen molar-refractivity contribution in [2.45, 2.75) is 32.6 Å². The molecule has 0 radical (unpaired) electrons. The molecular weight excluding hydrogens is 182 g/mol. The van der Waals surface area contributed by atoms with Crippen LogP contribution in [-0.4, -0.2) is 4.98 Å². The van der Waals surface area contributed by atoms with Crippen molar-refractivity contribution < 1.29 is 0 Å². The van der Waals surface area contributed by atoms with Crippen molar-refractivity contribution >= 4 is 0 Å². The van der Waals surface area contributed by atoms with E-state index < -0.39 is 0 Å². The average molecular weight is 199 g/mol. The topological polar surface area (TPSA) is 12.9 Å². The molecule has 1 aliphatic rings. The van der Waals surface area contributed by atoms with Gasteiger partial charge < -0.3 is 0 Å². The van der Waals surface area contributed by atoms with Crippen molar-refractivity contribution in [2.75, 3.05) is 0 Å². The minimum Gasteiger partial charge on any atom is -0.264 e. The van der Waals surface area contributed by atoms with Crippen molar-refractivity contribution in [3.05, 3.63) is 53.4 Å². The first kappa shape index (κ1) is 10.2. The number of aryl methyl sites for hydroxylation is 2. The van der Waals surface area contributed by atoms with Gasteiger partial charge in [-0.2, -0.15) is 0 Å². The predicted octanol–water partition coefficient (Wildman–Crippen LogP) is 3.60. The summed E-state index contributed by atoms with van der Waals surface area (Å²) in [5.74, 6) is 0. The fourth-order valence-corrected chi connectivity index (χ4v) is 1.89. The van der Waals surface area contributed by atoms with Crippen molar-refractivity contribution in [3.8, 4) is 0 Å². The summed E-state index contributed by atoms with van der Waals surface area (Å²) >= 11 is 0. The molecule has 0 amide bonds. The van der Waals surface area contributed by atoms with Gasteiger partial charge in [0.05, 0.1) is 0 Å². The molecule has 1 nitrogen and oxygen atoms in total. The molecule has 15 heavy (non-hydrogen) atoms. The summed E-state index contributed by atoms with van der Waals surface area (Å²) < 4.78 is 0. The Kier molecular flexibility index (Phi) is 3.33. The van der Waals surface area contributed by atoms with E-state index in [2.05, 4.69) is 36.2 Å². The highest BCUT2D eigenvalue weighted by molar-refractivity contribution is 5.26. The normalized spacial score (nSPS) is 15.1. The SMILES string of the molecule is Cc1ccncc1CCC1=CCCC=C1. The molecule has 0 atom stereocenters. The minimum atomic E-state index is 1.11. The molecule has 1 aromatic heterocycles. The van der Waals surface area contributed by atoms with Crippen LogP contribution in [0.25, 0.3) is 0 Å². The zero-order chi connectivity index (χ0) is 10.5. The zero-order valence-electron chi connectivity index (χ0n) is 9.24. The van der Waals surface area contributed by atoms with Crippen LogP contribution in [0.1, 0.15) is 30.4 Å². The van der Waals surface area contributed by atoms with E-state index in [-0.39, 0.29) is 0 Å². The van der Waals surface area contributed by atoms with Crippen LogP contribution >= 0.6 is 0 Å². The fraction of sp³-hybridized carbons (Fsp3) is 0.357. The Morgan fingerprint density at radius 3 is 2.93 bits per heavy atom. The van der Waals surface area contributed by atoms with Crippen molar-refractivity contribution in [1.29, 1.82) is 0 Å². The Morgan fingerprint density at radius 2 is 2.20 bits per heavy atom. The van der Waals surface area contributed by atoms with E-state index in [0.717, 1.165) is 12.8 Å². The van der Waals surface area contributed by atoms with Gasteiger partial charge in [0.25, 0.3) is 0 Å². The van der Waals surface area contributed by atoms with Crippen LogP contribution in [0.3, 0.4) is 0 Å². The van der Waals surface area contributed by atoms with E-state index in [0.29, 0.717) is 0 Å². The Labute approximate surface area is 91.6 Å². The van der Waals surface area contributed by atoms with Crippen LogP contribution in [-0.2, 0) is 6.42 Å². The summed E-state index contributed by atoms with van der Waals surface area (Å²) in [4.78, 5) is 4.17. The van der Waals surface area contributed by atoms with Gasteiger partial charge in [-0.3, -0.25) is 4.98 Å². The molecule has 1 heteroatoms. The lowest BCUT2D eigenvalue weighted by Crippen LogP contribution is -1.93. The van der Waals surface area contributed by atoms with Crippen LogP contribution in [0.4, 0.5) is 0 Å². The predicted molar refractivity (Wildman–Crippen MR) is 63.8 cm³/mol. The number of rotatable bonds is 3. The van der Waals surface area contributed by atoms with Crippen molar-refractivity contribution in [3.63, 3.8) is 0 Å². The third-order valence-electron chi connectivity index (χ3n) is 2.90. The van der Waals surface area contributed by atoms with Gasteiger partial charge in [0.15, 0.2) is 0 Å². The number of aromatic nitrogens is 1. The summed E-state index contributed by atoms with van der Waals surface area (Å²) in [5.41, 5.74) is 4.20. The zero-order valence-corrected chi connectivity index (χ0v) is 9.24. The molecule has 2 rings (SSSR count). The van der Waals surface area contributed by atoms with E-state index in [1.165, 1.54) is 29.5 Å². The highest BCUT2D eigenvalue weighted by atomic mass is 14.6. The molecule has 1 heterocycles. The van der Waals surface area contributed by atoms with Gasteiger partial charge in [-0.05, 0) is 49.8 Å². The van der Waals surface area contributed by atoms with Crippen molar-refractivity contribution in [2.24, 2.45) is 0 Å². The molecule has 0 fully saturated rings. The van der Waals surface area contributed by atoms with Crippen LogP contribution in [0.2, 0.25) is 0 Å². The number of nitrogens with zero attached hydrogens (tertiary/aromatic N) is 1. The molecule has 0 aliphatic heterocycles. The van der Waals surface area contributed by atoms with Gasteiger partial charge in [0, 0.05) is 12.4 Å². The lowest BCUT2D eigenvalue weighted by atomic mass is 9.99. The largest absolute Gasteiger partial charge is 0.264 e. The quantitative estimate of drug-likeness (QED) is 0.724. The molecule has 0 saturated heterocycles. The second-order valence-electron chi connectivity index (χ2n) is 4.06. The first-order valence-corrected chi connectivity index (χ1v) is 5.61. The first-order chi connectivity index (χ1) is 7.36. The Hall–Kier alpha value is -1.37. The number of pyridine rings is 1. The second-order valence-corrected chi connectivity index (χ2v) is 4.06. The Balaban J connectivity index is 1.96. The standard InChI is InChI=1S/C14H17N/c1-12-9-10-15-11-14(12)8-7-13-5-3-2-4-6-13/h3,5-6,9-11H,2,4,7-8H2,1H3. The minimum absolute atomic E-state index is 1.11. The molecule has 0 N–H and O–H groups in total. The lowest BCUT2D eigenvalue weighted by molar-refractivity contribution is 0.907. The van der Waals surface area contributed by atoms with E-state index in [9.17, 15) is 0 Å². The molecule has 0 saturated carbocycles. The monoisotopic (exact) mass is 199 g/mol. The summed E-state index contributed by atoms with van der Waals surface area (Å²) in [5, 5.41) is 0. The molecule has 0 aromatic carbocycles.